The highest BCUT2D eigenvalue weighted by molar-refractivity contribution is 5.40. The van der Waals surface area contributed by atoms with Crippen LogP contribution in [0.2, 0.25) is 0 Å². The molecule has 19 heavy (non-hydrogen) atoms. The van der Waals surface area contributed by atoms with Crippen molar-refractivity contribution in [3.05, 3.63) is 29.8 Å². The highest BCUT2D eigenvalue weighted by Crippen LogP contribution is 2.47. The van der Waals surface area contributed by atoms with Gasteiger partial charge < -0.3 is 10.5 Å². The van der Waals surface area contributed by atoms with E-state index >= 15 is 0 Å². The zero-order chi connectivity index (χ0) is 14.0. The van der Waals surface area contributed by atoms with E-state index in [1.807, 2.05) is 12.1 Å². The third-order valence-electron chi connectivity index (χ3n) is 4.73. The van der Waals surface area contributed by atoms with E-state index < -0.39 is 0 Å². The molecule has 0 radical (unpaired) electrons. The summed E-state index contributed by atoms with van der Waals surface area (Å²) in [6.45, 7) is 6.89. The Morgan fingerprint density at radius 3 is 2.58 bits per heavy atom. The molecule has 2 heteroatoms. The zero-order valence-electron chi connectivity index (χ0n) is 12.6. The molecule has 0 saturated heterocycles. The quantitative estimate of drug-likeness (QED) is 0.894. The van der Waals surface area contributed by atoms with E-state index in [1.54, 1.807) is 7.11 Å². The van der Waals surface area contributed by atoms with E-state index in [0.717, 1.165) is 12.2 Å². The van der Waals surface area contributed by atoms with Gasteiger partial charge in [0.1, 0.15) is 5.75 Å². The van der Waals surface area contributed by atoms with Crippen LogP contribution in [0.5, 0.6) is 5.75 Å². The molecule has 2 nitrogen and oxygen atoms in total. The van der Waals surface area contributed by atoms with Crippen LogP contribution in [0.4, 0.5) is 0 Å². The van der Waals surface area contributed by atoms with Crippen LogP contribution in [0, 0.1) is 17.8 Å². The van der Waals surface area contributed by atoms with E-state index in [-0.39, 0.29) is 5.54 Å². The van der Waals surface area contributed by atoms with Crippen molar-refractivity contribution in [3.8, 4) is 5.75 Å². The number of rotatable bonds is 3. The molecule has 1 aromatic carbocycles. The maximum Gasteiger partial charge on any atom is 0.123 e. The van der Waals surface area contributed by atoms with E-state index in [9.17, 15) is 0 Å². The fraction of sp³-hybridized carbons (Fsp3) is 0.647. The lowest BCUT2D eigenvalue weighted by Gasteiger charge is -2.46. The van der Waals surface area contributed by atoms with Gasteiger partial charge in [0.25, 0.3) is 0 Å². The molecular weight excluding hydrogens is 234 g/mol. The smallest absolute Gasteiger partial charge is 0.123 e. The van der Waals surface area contributed by atoms with Crippen LogP contribution in [-0.2, 0) is 5.54 Å². The molecule has 1 aliphatic rings. The van der Waals surface area contributed by atoms with Gasteiger partial charge in [-0.25, -0.2) is 0 Å². The van der Waals surface area contributed by atoms with Crippen molar-refractivity contribution in [1.29, 1.82) is 0 Å². The van der Waals surface area contributed by atoms with Crippen LogP contribution in [0.25, 0.3) is 0 Å². The van der Waals surface area contributed by atoms with Crippen molar-refractivity contribution in [1.82, 2.24) is 0 Å². The molecule has 0 aliphatic heterocycles. The maximum atomic E-state index is 6.91. The van der Waals surface area contributed by atoms with Crippen molar-refractivity contribution < 1.29 is 4.74 Å². The molecule has 2 rings (SSSR count). The zero-order valence-corrected chi connectivity index (χ0v) is 12.6. The Kier molecular flexibility index (Phi) is 4.19. The van der Waals surface area contributed by atoms with Gasteiger partial charge in [0.15, 0.2) is 0 Å². The summed E-state index contributed by atoms with van der Waals surface area (Å²) in [7, 11) is 1.73. The van der Waals surface area contributed by atoms with E-state index in [0.29, 0.717) is 17.8 Å². The molecule has 0 amide bonds. The Morgan fingerprint density at radius 1 is 1.26 bits per heavy atom. The molecule has 3 atom stereocenters. The first-order chi connectivity index (χ1) is 8.99. The number of ether oxygens (including phenoxy) is 1. The fourth-order valence-electron chi connectivity index (χ4n) is 3.82. The lowest BCUT2D eigenvalue weighted by molar-refractivity contribution is 0.106. The van der Waals surface area contributed by atoms with Crippen LogP contribution in [0.3, 0.4) is 0 Å². The largest absolute Gasteiger partial charge is 0.496 e. The first kappa shape index (κ1) is 14.4. The summed E-state index contributed by atoms with van der Waals surface area (Å²) < 4.78 is 5.55. The second-order valence-corrected chi connectivity index (χ2v) is 6.48. The summed E-state index contributed by atoms with van der Waals surface area (Å²) in [5.74, 6) is 2.75. The van der Waals surface area contributed by atoms with E-state index in [1.165, 1.54) is 18.4 Å². The number of benzene rings is 1. The van der Waals surface area contributed by atoms with Gasteiger partial charge in [-0.15, -0.1) is 0 Å². The van der Waals surface area contributed by atoms with Crippen molar-refractivity contribution in [3.63, 3.8) is 0 Å². The van der Waals surface area contributed by atoms with Gasteiger partial charge in [0, 0.05) is 11.1 Å². The van der Waals surface area contributed by atoms with Gasteiger partial charge in [-0.05, 0) is 36.7 Å². The Hall–Kier alpha value is -1.02. The standard InChI is InChI=1S/C17H27NO/c1-12(2)14-10-9-13(3)11-17(14,18)15-7-5-6-8-16(15)19-4/h5-8,12-14H,9-11,18H2,1-4H3. The summed E-state index contributed by atoms with van der Waals surface area (Å²) in [5.41, 5.74) is 7.84. The van der Waals surface area contributed by atoms with Gasteiger partial charge in [-0.3, -0.25) is 0 Å². The van der Waals surface area contributed by atoms with Crippen LogP contribution in [0.15, 0.2) is 24.3 Å². The predicted molar refractivity (Wildman–Crippen MR) is 80.2 cm³/mol. The number of hydrogen-bond acceptors (Lipinski definition) is 2. The molecule has 1 aliphatic carbocycles. The second-order valence-electron chi connectivity index (χ2n) is 6.48. The minimum atomic E-state index is -0.252. The van der Waals surface area contributed by atoms with Gasteiger partial charge in [0.05, 0.1) is 7.11 Å². The second kappa shape index (κ2) is 5.54. The SMILES string of the molecule is COc1ccccc1C1(N)CC(C)CCC1C(C)C. The monoisotopic (exact) mass is 261 g/mol. The van der Waals surface area contributed by atoms with Gasteiger partial charge in [-0.1, -0.05) is 45.4 Å². The first-order valence-corrected chi connectivity index (χ1v) is 7.41. The summed E-state index contributed by atoms with van der Waals surface area (Å²) in [5, 5.41) is 0. The lowest BCUT2D eigenvalue weighted by Crippen LogP contribution is -2.50. The summed E-state index contributed by atoms with van der Waals surface area (Å²) >= 11 is 0. The fourth-order valence-corrected chi connectivity index (χ4v) is 3.82. The number of nitrogens with two attached hydrogens (primary N) is 1. The number of hydrogen-bond donors (Lipinski definition) is 1. The average Bonchev–Trinajstić information content (AvgIpc) is 2.38. The van der Waals surface area contributed by atoms with Gasteiger partial charge in [-0.2, -0.15) is 0 Å². The molecule has 0 spiro atoms. The molecule has 1 saturated carbocycles. The molecule has 1 aromatic rings. The van der Waals surface area contributed by atoms with E-state index in [4.69, 9.17) is 10.5 Å². The van der Waals surface area contributed by atoms with Crippen LogP contribution < -0.4 is 10.5 Å². The molecule has 2 N–H and O–H groups in total. The van der Waals surface area contributed by atoms with E-state index in [2.05, 4.69) is 32.9 Å². The molecule has 106 valence electrons. The van der Waals surface area contributed by atoms with Crippen LogP contribution >= 0.6 is 0 Å². The maximum absolute atomic E-state index is 6.91. The Bertz CT molecular complexity index is 429. The van der Waals surface area contributed by atoms with Crippen molar-refractivity contribution in [2.75, 3.05) is 7.11 Å². The van der Waals surface area contributed by atoms with Crippen molar-refractivity contribution >= 4 is 0 Å². The van der Waals surface area contributed by atoms with Crippen molar-refractivity contribution in [2.24, 2.45) is 23.5 Å². The molecule has 0 bridgehead atoms. The molecule has 0 heterocycles. The molecule has 3 unspecified atom stereocenters. The number of para-hydroxylation sites is 1. The first-order valence-electron chi connectivity index (χ1n) is 7.41. The van der Waals surface area contributed by atoms with Crippen LogP contribution in [-0.4, -0.2) is 7.11 Å². The third-order valence-corrected chi connectivity index (χ3v) is 4.73. The van der Waals surface area contributed by atoms with Crippen LogP contribution in [0.1, 0.15) is 45.6 Å². The summed E-state index contributed by atoms with van der Waals surface area (Å²) in [6, 6.07) is 8.26. The van der Waals surface area contributed by atoms with Gasteiger partial charge in [0.2, 0.25) is 0 Å². The predicted octanol–water partition coefficient (Wildman–Crippen LogP) is 3.94. The Balaban J connectivity index is 2.46. The minimum Gasteiger partial charge on any atom is -0.496 e. The van der Waals surface area contributed by atoms with Gasteiger partial charge >= 0.3 is 0 Å². The average molecular weight is 261 g/mol. The minimum absolute atomic E-state index is 0.252. The molecule has 1 fully saturated rings. The molecule has 0 aromatic heterocycles. The summed E-state index contributed by atoms with van der Waals surface area (Å²) in [4.78, 5) is 0. The third kappa shape index (κ3) is 2.64. The Labute approximate surface area is 117 Å². The van der Waals surface area contributed by atoms with Crippen molar-refractivity contribution in [2.45, 2.75) is 45.6 Å². The highest BCUT2D eigenvalue weighted by atomic mass is 16.5. The highest BCUT2D eigenvalue weighted by Gasteiger charge is 2.43. The number of methoxy groups -OCH3 is 1. The topological polar surface area (TPSA) is 35.2 Å². The molecular formula is C17H27NO. The summed E-state index contributed by atoms with van der Waals surface area (Å²) in [6.07, 6.45) is 3.56. The Morgan fingerprint density at radius 2 is 1.95 bits per heavy atom. The lowest BCUT2D eigenvalue weighted by atomic mass is 9.62. The normalized spacial score (nSPS) is 31.5.